The molecule has 2 aromatic heterocycles. The fraction of sp³-hybridized carbons (Fsp3) is 0.0455. The van der Waals surface area contributed by atoms with Gasteiger partial charge in [0.15, 0.2) is 5.65 Å². The first kappa shape index (κ1) is 16.7. The number of aromatic nitrogens is 2. The van der Waals surface area contributed by atoms with Gasteiger partial charge in [0.2, 0.25) is 0 Å². The quantitative estimate of drug-likeness (QED) is 0.583. The van der Waals surface area contributed by atoms with Gasteiger partial charge in [0, 0.05) is 17.1 Å². The van der Waals surface area contributed by atoms with Crippen LogP contribution in [-0.4, -0.2) is 23.0 Å². The van der Waals surface area contributed by atoms with Gasteiger partial charge in [-0.2, -0.15) is 0 Å². The van der Waals surface area contributed by atoms with Crippen molar-refractivity contribution in [3.05, 3.63) is 84.6 Å². The molecule has 2 aromatic carbocycles. The van der Waals surface area contributed by atoms with E-state index in [9.17, 15) is 4.79 Å². The molecule has 1 amide bonds. The Bertz CT molecular complexity index is 1110. The summed E-state index contributed by atoms with van der Waals surface area (Å²) in [6, 6.07) is 22.5. The van der Waals surface area contributed by atoms with Crippen molar-refractivity contribution in [1.29, 1.82) is 0 Å². The van der Waals surface area contributed by atoms with Crippen LogP contribution in [0.15, 0.2) is 79.0 Å². The van der Waals surface area contributed by atoms with E-state index in [1.807, 2.05) is 60.7 Å². The Labute approximate surface area is 156 Å². The summed E-state index contributed by atoms with van der Waals surface area (Å²) in [6.45, 7) is 0. The highest BCUT2D eigenvalue weighted by Crippen LogP contribution is 2.28. The smallest absolute Gasteiger partial charge is 0.258 e. The summed E-state index contributed by atoms with van der Waals surface area (Å²) in [4.78, 5) is 22.1. The molecule has 0 bridgehead atoms. The summed E-state index contributed by atoms with van der Waals surface area (Å²) < 4.78 is 5.33. The number of nitrogens with zero attached hydrogens (tertiary/aromatic N) is 2. The third kappa shape index (κ3) is 3.35. The number of anilines is 1. The van der Waals surface area contributed by atoms with Gasteiger partial charge in [-0.25, -0.2) is 9.97 Å². The molecule has 0 aliphatic rings. The standard InChI is InChI=1S/C22H17N3O2/c1-27-19-12-6-5-11-18(19)24-22(26)17-14-16-10-7-13-23-21(16)25-20(17)15-8-3-2-4-9-15/h2-14H,1H3,(H,24,26). The van der Waals surface area contributed by atoms with Crippen molar-refractivity contribution in [3.63, 3.8) is 0 Å². The average Bonchev–Trinajstić information content (AvgIpc) is 2.73. The molecular formula is C22H17N3O2. The van der Waals surface area contributed by atoms with Gasteiger partial charge in [-0.15, -0.1) is 0 Å². The Hall–Kier alpha value is -3.73. The third-order valence-electron chi connectivity index (χ3n) is 4.24. The van der Waals surface area contributed by atoms with E-state index in [2.05, 4.69) is 15.3 Å². The van der Waals surface area contributed by atoms with Gasteiger partial charge in [-0.05, 0) is 30.3 Å². The fourth-order valence-electron chi connectivity index (χ4n) is 2.93. The molecule has 0 spiro atoms. The second-order valence-corrected chi connectivity index (χ2v) is 5.96. The lowest BCUT2D eigenvalue weighted by Crippen LogP contribution is -2.15. The number of rotatable bonds is 4. The summed E-state index contributed by atoms with van der Waals surface area (Å²) >= 11 is 0. The van der Waals surface area contributed by atoms with Crippen molar-refractivity contribution in [2.24, 2.45) is 0 Å². The lowest BCUT2D eigenvalue weighted by Gasteiger charge is -2.13. The van der Waals surface area contributed by atoms with Crippen molar-refractivity contribution in [2.75, 3.05) is 12.4 Å². The van der Waals surface area contributed by atoms with Crippen LogP contribution in [0.4, 0.5) is 5.69 Å². The number of amides is 1. The topological polar surface area (TPSA) is 64.1 Å². The zero-order valence-corrected chi connectivity index (χ0v) is 14.7. The van der Waals surface area contributed by atoms with Gasteiger partial charge in [0.25, 0.3) is 5.91 Å². The van der Waals surface area contributed by atoms with Crippen LogP contribution in [0.3, 0.4) is 0 Å². The zero-order valence-electron chi connectivity index (χ0n) is 14.7. The van der Waals surface area contributed by atoms with E-state index in [1.54, 1.807) is 25.4 Å². The van der Waals surface area contributed by atoms with Crippen LogP contribution in [-0.2, 0) is 0 Å². The monoisotopic (exact) mass is 355 g/mol. The number of carbonyl (C=O) groups is 1. The molecule has 132 valence electrons. The normalized spacial score (nSPS) is 10.6. The van der Waals surface area contributed by atoms with Gasteiger partial charge >= 0.3 is 0 Å². The lowest BCUT2D eigenvalue weighted by atomic mass is 10.0. The van der Waals surface area contributed by atoms with Gasteiger partial charge in [0.1, 0.15) is 5.75 Å². The number of fused-ring (bicyclic) bond motifs is 1. The molecule has 0 saturated heterocycles. The summed E-state index contributed by atoms with van der Waals surface area (Å²) in [7, 11) is 1.57. The Kier molecular flexibility index (Phi) is 4.49. The molecule has 0 fully saturated rings. The third-order valence-corrected chi connectivity index (χ3v) is 4.24. The highest BCUT2D eigenvalue weighted by atomic mass is 16.5. The van der Waals surface area contributed by atoms with Crippen LogP contribution in [0.2, 0.25) is 0 Å². The van der Waals surface area contributed by atoms with E-state index in [4.69, 9.17) is 4.74 Å². The number of para-hydroxylation sites is 2. The molecular weight excluding hydrogens is 338 g/mol. The number of hydrogen-bond donors (Lipinski definition) is 1. The minimum atomic E-state index is -0.253. The van der Waals surface area contributed by atoms with Crippen molar-refractivity contribution >= 4 is 22.6 Å². The molecule has 4 rings (SSSR count). The lowest BCUT2D eigenvalue weighted by molar-refractivity contribution is 0.102. The van der Waals surface area contributed by atoms with Crippen LogP contribution >= 0.6 is 0 Å². The number of benzene rings is 2. The Morgan fingerprint density at radius 2 is 1.74 bits per heavy atom. The Morgan fingerprint density at radius 1 is 0.963 bits per heavy atom. The van der Waals surface area contributed by atoms with E-state index >= 15 is 0 Å². The largest absolute Gasteiger partial charge is 0.495 e. The molecule has 0 unspecified atom stereocenters. The van der Waals surface area contributed by atoms with Gasteiger partial charge in [0.05, 0.1) is 24.1 Å². The van der Waals surface area contributed by atoms with Crippen LogP contribution in [0.25, 0.3) is 22.3 Å². The second-order valence-electron chi connectivity index (χ2n) is 5.96. The molecule has 1 N–H and O–H groups in total. The number of pyridine rings is 2. The maximum absolute atomic E-state index is 13.1. The first-order valence-corrected chi connectivity index (χ1v) is 8.52. The number of nitrogens with one attached hydrogen (secondary N) is 1. The summed E-state index contributed by atoms with van der Waals surface area (Å²) in [5.74, 6) is 0.346. The van der Waals surface area contributed by atoms with Crippen molar-refractivity contribution in [1.82, 2.24) is 9.97 Å². The van der Waals surface area contributed by atoms with E-state index < -0.39 is 0 Å². The predicted octanol–water partition coefficient (Wildman–Crippen LogP) is 4.56. The second kappa shape index (κ2) is 7.25. The molecule has 0 atom stereocenters. The van der Waals surface area contributed by atoms with Crippen molar-refractivity contribution in [2.45, 2.75) is 0 Å². The van der Waals surface area contributed by atoms with Gasteiger partial charge < -0.3 is 10.1 Å². The van der Waals surface area contributed by atoms with Crippen LogP contribution in [0, 0.1) is 0 Å². The molecule has 0 saturated carbocycles. The number of hydrogen-bond acceptors (Lipinski definition) is 4. The van der Waals surface area contributed by atoms with E-state index in [1.165, 1.54) is 0 Å². The van der Waals surface area contributed by atoms with Crippen LogP contribution in [0.1, 0.15) is 10.4 Å². The summed E-state index contributed by atoms with van der Waals surface area (Å²) in [5, 5.41) is 3.74. The van der Waals surface area contributed by atoms with Crippen LogP contribution < -0.4 is 10.1 Å². The summed E-state index contributed by atoms with van der Waals surface area (Å²) in [5.41, 5.74) is 3.14. The molecule has 4 aromatic rings. The van der Waals surface area contributed by atoms with E-state index in [-0.39, 0.29) is 5.91 Å². The molecule has 5 nitrogen and oxygen atoms in total. The Balaban J connectivity index is 1.83. The number of ether oxygens (including phenoxy) is 1. The van der Waals surface area contributed by atoms with E-state index in [0.717, 1.165) is 10.9 Å². The minimum Gasteiger partial charge on any atom is -0.495 e. The maximum atomic E-state index is 13.1. The zero-order chi connectivity index (χ0) is 18.6. The van der Waals surface area contributed by atoms with Gasteiger partial charge in [-0.3, -0.25) is 4.79 Å². The highest BCUT2D eigenvalue weighted by Gasteiger charge is 2.17. The first-order valence-electron chi connectivity index (χ1n) is 8.52. The first-order chi connectivity index (χ1) is 13.3. The number of methoxy groups -OCH3 is 1. The molecule has 27 heavy (non-hydrogen) atoms. The van der Waals surface area contributed by atoms with Gasteiger partial charge in [-0.1, -0.05) is 42.5 Å². The molecule has 5 heteroatoms. The number of carbonyl (C=O) groups excluding carboxylic acids is 1. The van der Waals surface area contributed by atoms with Crippen LogP contribution in [0.5, 0.6) is 5.75 Å². The van der Waals surface area contributed by atoms with E-state index in [0.29, 0.717) is 28.3 Å². The van der Waals surface area contributed by atoms with Crippen molar-refractivity contribution in [3.8, 4) is 17.0 Å². The SMILES string of the molecule is COc1ccccc1NC(=O)c1cc2cccnc2nc1-c1ccccc1. The molecule has 0 aliphatic heterocycles. The highest BCUT2D eigenvalue weighted by molar-refractivity contribution is 6.10. The van der Waals surface area contributed by atoms with Crippen molar-refractivity contribution < 1.29 is 9.53 Å². The molecule has 0 radical (unpaired) electrons. The average molecular weight is 355 g/mol. The minimum absolute atomic E-state index is 0.253. The predicted molar refractivity (Wildman–Crippen MR) is 106 cm³/mol. The fourth-order valence-corrected chi connectivity index (χ4v) is 2.93. The Morgan fingerprint density at radius 3 is 2.56 bits per heavy atom. The molecule has 0 aliphatic carbocycles. The molecule has 2 heterocycles. The maximum Gasteiger partial charge on any atom is 0.258 e. The summed E-state index contributed by atoms with van der Waals surface area (Å²) in [6.07, 6.45) is 1.69.